The second-order valence-electron chi connectivity index (χ2n) is 3.55. The zero-order valence-electron chi connectivity index (χ0n) is 9.73. The number of phenols is 2. The van der Waals surface area contributed by atoms with Gasteiger partial charge in [-0.05, 0) is 19.1 Å². The molecule has 19 heavy (non-hydrogen) atoms. The zero-order chi connectivity index (χ0) is 14.8. The standard InChI is InChI=1S/C11H11F3O5/c1-2-19-10(18)9(17)7-5(11(12,13)14)3-4-6(15)8(7)16/h3-4,9,15-17H,2H2,1H3. The van der Waals surface area contributed by atoms with Crippen molar-refractivity contribution in [3.63, 3.8) is 0 Å². The number of ether oxygens (including phenoxy) is 1. The van der Waals surface area contributed by atoms with Crippen molar-refractivity contribution in [3.05, 3.63) is 23.3 Å². The number of halogens is 3. The maximum Gasteiger partial charge on any atom is 0.416 e. The van der Waals surface area contributed by atoms with E-state index in [0.717, 1.165) is 0 Å². The zero-order valence-corrected chi connectivity index (χ0v) is 9.73. The fourth-order valence-corrected chi connectivity index (χ4v) is 1.46. The molecule has 0 aliphatic rings. The molecule has 0 radical (unpaired) electrons. The van der Waals surface area contributed by atoms with Gasteiger partial charge in [0.15, 0.2) is 17.6 Å². The van der Waals surface area contributed by atoms with E-state index in [1.54, 1.807) is 0 Å². The molecule has 1 rings (SSSR count). The van der Waals surface area contributed by atoms with Crippen LogP contribution in [0.5, 0.6) is 11.5 Å². The molecule has 0 bridgehead atoms. The van der Waals surface area contributed by atoms with E-state index in [0.29, 0.717) is 12.1 Å². The summed E-state index contributed by atoms with van der Waals surface area (Å²) in [7, 11) is 0. The molecule has 106 valence electrons. The van der Waals surface area contributed by atoms with Crippen LogP contribution in [0.2, 0.25) is 0 Å². The SMILES string of the molecule is CCOC(=O)C(O)c1c(C(F)(F)F)ccc(O)c1O. The highest BCUT2D eigenvalue weighted by Gasteiger charge is 2.39. The fourth-order valence-electron chi connectivity index (χ4n) is 1.46. The first-order valence-electron chi connectivity index (χ1n) is 5.16. The number of aliphatic hydroxyl groups excluding tert-OH is 1. The minimum atomic E-state index is -4.91. The number of carbonyl (C=O) groups is 1. The normalized spacial score (nSPS) is 13.1. The first-order chi connectivity index (χ1) is 8.70. The van der Waals surface area contributed by atoms with Gasteiger partial charge in [-0.25, -0.2) is 4.79 Å². The van der Waals surface area contributed by atoms with Gasteiger partial charge in [0.1, 0.15) is 0 Å². The van der Waals surface area contributed by atoms with Crippen LogP contribution in [-0.2, 0) is 15.7 Å². The average Bonchev–Trinajstić information content (AvgIpc) is 2.30. The summed E-state index contributed by atoms with van der Waals surface area (Å²) in [6.45, 7) is 1.24. The molecule has 8 heteroatoms. The van der Waals surface area contributed by atoms with E-state index < -0.39 is 40.9 Å². The van der Waals surface area contributed by atoms with Crippen LogP contribution in [0.4, 0.5) is 13.2 Å². The van der Waals surface area contributed by atoms with Crippen molar-refractivity contribution >= 4 is 5.97 Å². The number of esters is 1. The minimum absolute atomic E-state index is 0.156. The Kier molecular flexibility index (Phi) is 4.25. The summed E-state index contributed by atoms with van der Waals surface area (Å²) >= 11 is 0. The Labute approximate surface area is 105 Å². The molecule has 3 N–H and O–H groups in total. The van der Waals surface area contributed by atoms with E-state index in [1.165, 1.54) is 6.92 Å². The van der Waals surface area contributed by atoms with Crippen molar-refractivity contribution in [2.45, 2.75) is 19.2 Å². The van der Waals surface area contributed by atoms with Crippen LogP contribution in [0, 0.1) is 0 Å². The second-order valence-corrected chi connectivity index (χ2v) is 3.55. The van der Waals surface area contributed by atoms with Gasteiger partial charge in [0.25, 0.3) is 0 Å². The predicted octanol–water partition coefficient (Wildman–Crippen LogP) is 1.71. The molecule has 0 amide bonds. The van der Waals surface area contributed by atoms with E-state index in [2.05, 4.69) is 4.74 Å². The molecule has 0 heterocycles. The van der Waals surface area contributed by atoms with Crippen molar-refractivity contribution in [1.29, 1.82) is 0 Å². The fraction of sp³-hybridized carbons (Fsp3) is 0.364. The Morgan fingerprint density at radius 2 is 1.95 bits per heavy atom. The quantitative estimate of drug-likeness (QED) is 0.579. The third kappa shape index (κ3) is 3.08. The largest absolute Gasteiger partial charge is 0.504 e. The highest BCUT2D eigenvalue weighted by molar-refractivity contribution is 5.78. The van der Waals surface area contributed by atoms with Gasteiger partial charge in [0.05, 0.1) is 12.2 Å². The van der Waals surface area contributed by atoms with Crippen LogP contribution in [0.1, 0.15) is 24.2 Å². The van der Waals surface area contributed by atoms with Crippen LogP contribution in [-0.4, -0.2) is 27.9 Å². The lowest BCUT2D eigenvalue weighted by atomic mass is 10.00. The lowest BCUT2D eigenvalue weighted by Gasteiger charge is -2.18. The van der Waals surface area contributed by atoms with Crippen LogP contribution >= 0.6 is 0 Å². The van der Waals surface area contributed by atoms with Gasteiger partial charge in [-0.2, -0.15) is 13.2 Å². The second kappa shape index (κ2) is 5.35. The molecule has 1 aromatic carbocycles. The van der Waals surface area contributed by atoms with E-state index >= 15 is 0 Å². The lowest BCUT2D eigenvalue weighted by molar-refractivity contribution is -0.155. The van der Waals surface area contributed by atoms with Gasteiger partial charge >= 0.3 is 12.1 Å². The summed E-state index contributed by atoms with van der Waals surface area (Å²) in [5, 5.41) is 28.1. The predicted molar refractivity (Wildman–Crippen MR) is 56.4 cm³/mol. The first kappa shape index (κ1) is 15.1. The maximum absolute atomic E-state index is 12.7. The van der Waals surface area contributed by atoms with E-state index in [9.17, 15) is 33.3 Å². The van der Waals surface area contributed by atoms with Gasteiger partial charge in [0.2, 0.25) is 0 Å². The molecule has 0 aliphatic heterocycles. The third-order valence-corrected chi connectivity index (χ3v) is 2.28. The van der Waals surface area contributed by atoms with Gasteiger partial charge in [0, 0.05) is 5.56 Å². The van der Waals surface area contributed by atoms with Gasteiger partial charge in [-0.1, -0.05) is 0 Å². The Morgan fingerprint density at radius 3 is 2.42 bits per heavy atom. The maximum atomic E-state index is 12.7. The molecule has 1 aromatic rings. The number of alkyl halides is 3. The number of phenolic OH excluding ortho intramolecular Hbond substituents is 2. The Balaban J connectivity index is 3.39. The molecule has 5 nitrogen and oxygen atoms in total. The molecule has 0 fully saturated rings. The van der Waals surface area contributed by atoms with Crippen LogP contribution in [0.25, 0.3) is 0 Å². The molecule has 0 aliphatic carbocycles. The Hall–Kier alpha value is -1.96. The van der Waals surface area contributed by atoms with E-state index in [4.69, 9.17) is 0 Å². The Morgan fingerprint density at radius 1 is 1.37 bits per heavy atom. The third-order valence-electron chi connectivity index (χ3n) is 2.28. The minimum Gasteiger partial charge on any atom is -0.504 e. The number of aliphatic hydroxyl groups is 1. The van der Waals surface area contributed by atoms with Gasteiger partial charge in [-0.15, -0.1) is 0 Å². The van der Waals surface area contributed by atoms with Crippen molar-refractivity contribution < 1.29 is 38.0 Å². The number of benzene rings is 1. The van der Waals surface area contributed by atoms with Crippen LogP contribution in [0.15, 0.2) is 12.1 Å². The number of rotatable bonds is 3. The van der Waals surface area contributed by atoms with Crippen LogP contribution < -0.4 is 0 Å². The average molecular weight is 280 g/mol. The monoisotopic (exact) mass is 280 g/mol. The van der Waals surface area contributed by atoms with Crippen molar-refractivity contribution in [1.82, 2.24) is 0 Å². The van der Waals surface area contributed by atoms with Crippen molar-refractivity contribution in [3.8, 4) is 11.5 Å². The molecule has 0 spiro atoms. The summed E-state index contributed by atoms with van der Waals surface area (Å²) < 4.78 is 42.5. The topological polar surface area (TPSA) is 87.0 Å². The highest BCUT2D eigenvalue weighted by atomic mass is 19.4. The molecule has 0 saturated heterocycles. The number of hydrogen-bond donors (Lipinski definition) is 3. The summed E-state index contributed by atoms with van der Waals surface area (Å²) in [6.07, 6.45) is -7.25. The van der Waals surface area contributed by atoms with Crippen LogP contribution in [0.3, 0.4) is 0 Å². The Bertz CT molecular complexity index is 484. The van der Waals surface area contributed by atoms with Crippen molar-refractivity contribution in [2.24, 2.45) is 0 Å². The number of carbonyl (C=O) groups excluding carboxylic acids is 1. The van der Waals surface area contributed by atoms with Gasteiger partial charge in [-0.3, -0.25) is 0 Å². The summed E-state index contributed by atoms with van der Waals surface area (Å²) in [5.74, 6) is -3.45. The summed E-state index contributed by atoms with van der Waals surface area (Å²) in [6, 6.07) is 1.06. The van der Waals surface area contributed by atoms with Crippen molar-refractivity contribution in [2.75, 3.05) is 6.61 Å². The van der Waals surface area contributed by atoms with E-state index in [-0.39, 0.29) is 6.61 Å². The molecule has 0 saturated carbocycles. The van der Waals surface area contributed by atoms with E-state index in [1.807, 2.05) is 0 Å². The number of hydrogen-bond acceptors (Lipinski definition) is 5. The molecule has 1 atom stereocenters. The molecular formula is C11H11F3O5. The first-order valence-corrected chi connectivity index (χ1v) is 5.16. The molecule has 0 aromatic heterocycles. The summed E-state index contributed by atoms with van der Waals surface area (Å²) in [5.41, 5.74) is -2.56. The summed E-state index contributed by atoms with van der Waals surface area (Å²) in [4.78, 5) is 11.3. The van der Waals surface area contributed by atoms with Gasteiger partial charge < -0.3 is 20.1 Å². The molecular weight excluding hydrogens is 269 g/mol. The molecule has 1 unspecified atom stereocenters. The highest BCUT2D eigenvalue weighted by Crippen LogP contribution is 2.43. The lowest BCUT2D eigenvalue weighted by Crippen LogP contribution is -2.20. The smallest absolute Gasteiger partial charge is 0.416 e. The number of aromatic hydroxyl groups is 2.